The Labute approximate surface area is 440 Å². The van der Waals surface area contributed by atoms with Crippen molar-refractivity contribution < 1.29 is 49.3 Å². The quantitative estimate of drug-likeness (QED) is 0.0195. The number of hydrogen-bond acceptors (Lipinski definition) is 10. The Kier molecular flexibility index (Phi) is 47.7. The molecule has 0 saturated carbocycles. The molecule has 7 unspecified atom stereocenters. The van der Waals surface area contributed by atoms with Crippen LogP contribution in [-0.4, -0.2) is 100 Å². The SMILES string of the molecule is CCCCCC/C=C/CC/C=C/CC/C=C/C(O)C(COC1OC(CO)C(O)C(O)C1O)NC(=O)CCCCCCCCC/C=C\CCCCCCCCCCOC(=O)CCCCCCCCCCCCC. The molecule has 0 spiro atoms. The van der Waals surface area contributed by atoms with Gasteiger partial charge in [0.2, 0.25) is 5.91 Å². The molecule has 6 N–H and O–H groups in total. The van der Waals surface area contributed by atoms with Crippen molar-refractivity contribution in [2.45, 2.75) is 307 Å². The molecule has 7 atom stereocenters. The van der Waals surface area contributed by atoms with Crippen LogP contribution in [0.15, 0.2) is 48.6 Å². The highest BCUT2D eigenvalue weighted by molar-refractivity contribution is 5.76. The third-order valence-electron chi connectivity index (χ3n) is 13.9. The highest BCUT2D eigenvalue weighted by Gasteiger charge is 2.44. The maximum Gasteiger partial charge on any atom is 0.305 e. The van der Waals surface area contributed by atoms with Gasteiger partial charge in [-0.2, -0.15) is 0 Å². The first-order valence-electron chi connectivity index (χ1n) is 29.9. The van der Waals surface area contributed by atoms with E-state index < -0.39 is 49.5 Å². The normalized spacial score (nSPS) is 19.3. The molecule has 420 valence electrons. The number of rotatable bonds is 51. The lowest BCUT2D eigenvalue weighted by Gasteiger charge is -2.40. The Morgan fingerprint density at radius 3 is 1.39 bits per heavy atom. The van der Waals surface area contributed by atoms with Gasteiger partial charge in [0.25, 0.3) is 0 Å². The van der Waals surface area contributed by atoms with Gasteiger partial charge in [-0.05, 0) is 83.5 Å². The molecule has 1 amide bonds. The number of aliphatic hydroxyl groups excluding tert-OH is 5. The number of aliphatic hydroxyl groups is 5. The van der Waals surface area contributed by atoms with Crippen molar-refractivity contribution in [2.75, 3.05) is 19.8 Å². The van der Waals surface area contributed by atoms with Crippen LogP contribution in [0.4, 0.5) is 0 Å². The summed E-state index contributed by atoms with van der Waals surface area (Å²) in [5, 5.41) is 54.3. The summed E-state index contributed by atoms with van der Waals surface area (Å²) in [7, 11) is 0. The van der Waals surface area contributed by atoms with Gasteiger partial charge in [-0.3, -0.25) is 9.59 Å². The van der Waals surface area contributed by atoms with E-state index in [0.29, 0.717) is 19.4 Å². The highest BCUT2D eigenvalue weighted by atomic mass is 16.7. The molecule has 1 aliphatic rings. The number of amides is 1. The van der Waals surface area contributed by atoms with Crippen LogP contribution in [0.2, 0.25) is 0 Å². The number of carbonyl (C=O) groups excluding carboxylic acids is 2. The predicted octanol–water partition coefficient (Wildman–Crippen LogP) is 13.7. The molecule has 0 radical (unpaired) electrons. The molecule has 72 heavy (non-hydrogen) atoms. The molecular formula is C61H111NO10. The second-order valence-corrected chi connectivity index (χ2v) is 20.7. The van der Waals surface area contributed by atoms with Gasteiger partial charge < -0.3 is 45.1 Å². The maximum absolute atomic E-state index is 13.0. The van der Waals surface area contributed by atoms with E-state index in [0.717, 1.165) is 96.3 Å². The molecular weight excluding hydrogens is 907 g/mol. The number of hydrogen-bond donors (Lipinski definition) is 6. The van der Waals surface area contributed by atoms with E-state index in [-0.39, 0.29) is 18.5 Å². The molecule has 0 aromatic carbocycles. The van der Waals surface area contributed by atoms with Gasteiger partial charge in [-0.25, -0.2) is 0 Å². The van der Waals surface area contributed by atoms with Crippen LogP contribution in [0.1, 0.15) is 264 Å². The molecule has 1 aliphatic heterocycles. The van der Waals surface area contributed by atoms with E-state index in [2.05, 4.69) is 55.6 Å². The Morgan fingerprint density at radius 1 is 0.500 bits per heavy atom. The number of ether oxygens (including phenoxy) is 3. The summed E-state index contributed by atoms with van der Waals surface area (Å²) in [6.45, 7) is 4.28. The molecule has 0 aliphatic carbocycles. The molecule has 1 fully saturated rings. The van der Waals surface area contributed by atoms with E-state index in [1.165, 1.54) is 141 Å². The van der Waals surface area contributed by atoms with Crippen LogP contribution in [0.5, 0.6) is 0 Å². The van der Waals surface area contributed by atoms with E-state index in [1.807, 2.05) is 6.08 Å². The van der Waals surface area contributed by atoms with Crippen molar-refractivity contribution in [1.29, 1.82) is 0 Å². The minimum Gasteiger partial charge on any atom is -0.466 e. The van der Waals surface area contributed by atoms with Crippen LogP contribution in [0.3, 0.4) is 0 Å². The zero-order valence-corrected chi connectivity index (χ0v) is 46.1. The van der Waals surface area contributed by atoms with Crippen LogP contribution < -0.4 is 5.32 Å². The number of allylic oxidation sites excluding steroid dienone is 7. The van der Waals surface area contributed by atoms with E-state index >= 15 is 0 Å². The number of carbonyl (C=O) groups is 2. The lowest BCUT2D eigenvalue weighted by Crippen LogP contribution is -2.60. The zero-order valence-electron chi connectivity index (χ0n) is 46.1. The number of esters is 1. The van der Waals surface area contributed by atoms with Crippen LogP contribution >= 0.6 is 0 Å². The van der Waals surface area contributed by atoms with Crippen molar-refractivity contribution in [1.82, 2.24) is 5.32 Å². The van der Waals surface area contributed by atoms with Crippen molar-refractivity contribution in [3.63, 3.8) is 0 Å². The molecule has 0 bridgehead atoms. The van der Waals surface area contributed by atoms with E-state index in [9.17, 15) is 35.1 Å². The van der Waals surface area contributed by atoms with Crippen molar-refractivity contribution in [3.05, 3.63) is 48.6 Å². The van der Waals surface area contributed by atoms with Gasteiger partial charge >= 0.3 is 5.97 Å². The third-order valence-corrected chi connectivity index (χ3v) is 13.9. The largest absolute Gasteiger partial charge is 0.466 e. The second-order valence-electron chi connectivity index (χ2n) is 20.7. The van der Waals surface area contributed by atoms with E-state index in [1.54, 1.807) is 6.08 Å². The Hall–Kier alpha value is -2.38. The zero-order chi connectivity index (χ0) is 52.4. The molecule has 1 rings (SSSR count). The smallest absolute Gasteiger partial charge is 0.305 e. The van der Waals surface area contributed by atoms with Gasteiger partial charge in [0.05, 0.1) is 32.0 Å². The van der Waals surface area contributed by atoms with Crippen LogP contribution in [0, 0.1) is 0 Å². The lowest BCUT2D eigenvalue weighted by molar-refractivity contribution is -0.302. The summed E-state index contributed by atoms with van der Waals surface area (Å²) in [6.07, 6.45) is 53.4. The van der Waals surface area contributed by atoms with Gasteiger partial charge in [-0.1, -0.05) is 217 Å². The summed E-state index contributed by atoms with van der Waals surface area (Å²) in [6, 6.07) is -0.842. The summed E-state index contributed by atoms with van der Waals surface area (Å²) in [4.78, 5) is 25.0. The predicted molar refractivity (Wildman–Crippen MR) is 297 cm³/mol. The maximum atomic E-state index is 13.0. The summed E-state index contributed by atoms with van der Waals surface area (Å²) >= 11 is 0. The van der Waals surface area contributed by atoms with Gasteiger partial charge in [-0.15, -0.1) is 0 Å². The first-order valence-corrected chi connectivity index (χ1v) is 29.9. The highest BCUT2D eigenvalue weighted by Crippen LogP contribution is 2.23. The fourth-order valence-electron chi connectivity index (χ4n) is 9.11. The van der Waals surface area contributed by atoms with Gasteiger partial charge in [0.15, 0.2) is 6.29 Å². The summed E-state index contributed by atoms with van der Waals surface area (Å²) < 4.78 is 16.7. The summed E-state index contributed by atoms with van der Waals surface area (Å²) in [5.74, 6) is -0.219. The average Bonchev–Trinajstić information content (AvgIpc) is 3.38. The lowest BCUT2D eigenvalue weighted by atomic mass is 9.99. The average molecular weight is 1020 g/mol. The summed E-state index contributed by atoms with van der Waals surface area (Å²) in [5.41, 5.74) is 0. The standard InChI is InChI=1S/C61H111NO10/c1-3-5-7-9-11-13-15-16-24-28-31-35-39-43-47-54(64)53(52-71-61-60(69)59(68)58(67)55(51-63)72-61)62-56(65)48-44-40-36-32-29-25-22-20-18-17-19-21-23-26-30-34-38-42-46-50-70-57(66)49-45-41-37-33-27-14-12-10-8-6-4-2/h13,15,17-18,28,31,43,47,53-55,58-61,63-64,67-69H,3-12,14,16,19-27,29-30,32-42,44-46,48-52H2,1-2H3,(H,62,65)/b15-13+,18-17-,31-28+,47-43+. The molecule has 0 aromatic heterocycles. The molecule has 1 saturated heterocycles. The molecule has 11 heteroatoms. The Balaban J connectivity index is 2.14. The minimum absolute atomic E-state index is 0.0126. The topological polar surface area (TPSA) is 175 Å². The van der Waals surface area contributed by atoms with Crippen molar-refractivity contribution in [3.8, 4) is 0 Å². The van der Waals surface area contributed by atoms with E-state index in [4.69, 9.17) is 14.2 Å². The van der Waals surface area contributed by atoms with Gasteiger partial charge in [0, 0.05) is 12.8 Å². The third kappa shape index (κ3) is 40.0. The van der Waals surface area contributed by atoms with Crippen molar-refractivity contribution in [2.24, 2.45) is 0 Å². The van der Waals surface area contributed by atoms with Gasteiger partial charge in [0.1, 0.15) is 24.4 Å². The monoisotopic (exact) mass is 1020 g/mol. The Bertz CT molecular complexity index is 1340. The fraction of sp³-hybridized carbons (Fsp3) is 0.836. The molecule has 11 nitrogen and oxygen atoms in total. The molecule has 1 heterocycles. The molecule has 0 aromatic rings. The van der Waals surface area contributed by atoms with Crippen LogP contribution in [0.25, 0.3) is 0 Å². The second kappa shape index (κ2) is 50.8. The number of nitrogens with one attached hydrogen (secondary N) is 1. The Morgan fingerprint density at radius 2 is 0.903 bits per heavy atom. The minimum atomic E-state index is -1.58. The first kappa shape index (κ1) is 67.6. The number of unbranched alkanes of at least 4 members (excludes halogenated alkanes) is 31. The van der Waals surface area contributed by atoms with Crippen LogP contribution in [-0.2, 0) is 23.8 Å². The fourth-order valence-corrected chi connectivity index (χ4v) is 9.11. The first-order chi connectivity index (χ1) is 35.2. The van der Waals surface area contributed by atoms with Crippen molar-refractivity contribution >= 4 is 11.9 Å².